The molecular formula is C32H27BrN4O2S. The van der Waals surface area contributed by atoms with Crippen molar-refractivity contribution >= 4 is 55.8 Å². The van der Waals surface area contributed by atoms with Gasteiger partial charge >= 0.3 is 5.97 Å². The van der Waals surface area contributed by atoms with Crippen LogP contribution in [0.3, 0.4) is 0 Å². The van der Waals surface area contributed by atoms with Crippen molar-refractivity contribution in [1.82, 2.24) is 0 Å². The molecule has 4 aromatic rings. The van der Waals surface area contributed by atoms with Gasteiger partial charge in [0.15, 0.2) is 0 Å². The van der Waals surface area contributed by atoms with Gasteiger partial charge in [0.25, 0.3) is 0 Å². The van der Waals surface area contributed by atoms with Crippen LogP contribution in [0, 0.1) is 13.8 Å². The number of carbonyl (C=O) groups is 1. The second-order valence-corrected chi connectivity index (χ2v) is 11.7. The fourth-order valence-corrected chi connectivity index (χ4v) is 6.60. The van der Waals surface area contributed by atoms with Gasteiger partial charge in [0, 0.05) is 21.2 Å². The smallest absolute Gasteiger partial charge is 0.365 e. The van der Waals surface area contributed by atoms with E-state index in [1.54, 1.807) is 6.92 Å². The normalized spacial score (nSPS) is 17.9. The van der Waals surface area contributed by atoms with E-state index in [1.165, 1.54) is 11.8 Å². The molecule has 8 heteroatoms. The van der Waals surface area contributed by atoms with Crippen LogP contribution in [-0.4, -0.2) is 23.3 Å². The van der Waals surface area contributed by atoms with Crippen LogP contribution in [0.5, 0.6) is 0 Å². The largest absolute Gasteiger partial charge is 0.461 e. The number of fused-ring (bicyclic) bond motifs is 2. The highest BCUT2D eigenvalue weighted by Gasteiger charge is 2.56. The van der Waals surface area contributed by atoms with Crippen LogP contribution in [-0.2, 0) is 14.5 Å². The Bertz CT molecular complexity index is 1660. The number of aryl methyl sites for hydroxylation is 2. The van der Waals surface area contributed by atoms with Crippen molar-refractivity contribution in [3.63, 3.8) is 0 Å². The summed E-state index contributed by atoms with van der Waals surface area (Å²) < 4.78 is 6.38. The molecule has 0 aliphatic carbocycles. The summed E-state index contributed by atoms with van der Waals surface area (Å²) in [6.45, 7) is 6.26. The van der Waals surface area contributed by atoms with Gasteiger partial charge < -0.3 is 4.74 Å². The summed E-state index contributed by atoms with van der Waals surface area (Å²) >= 11 is 4.90. The molecule has 0 N–H and O–H groups in total. The first-order valence-corrected chi connectivity index (χ1v) is 14.6. The molecule has 6 rings (SSSR count). The molecule has 0 fully saturated rings. The van der Waals surface area contributed by atoms with Gasteiger partial charge in [-0.3, -0.25) is 0 Å². The Kier molecular flexibility index (Phi) is 6.98. The molecule has 6 nitrogen and oxygen atoms in total. The van der Waals surface area contributed by atoms with Crippen molar-refractivity contribution in [2.24, 2.45) is 10.2 Å². The lowest BCUT2D eigenvalue weighted by Crippen LogP contribution is -2.54. The molecule has 200 valence electrons. The summed E-state index contributed by atoms with van der Waals surface area (Å²) in [5.41, 5.74) is 7.87. The standard InChI is InChI=1S/C32H27BrN4O2S/c1-4-39-31(38)30-35-37(25-18-16-23(33)17-19-25)32(40-30)28-13-9-8-12-26(28)29(27-20-21(2)14-15-22(27)3)34-36(32)24-10-6-5-7-11-24/h5-20H,4H2,1-3H3/t32-/m1/s1. The number of hydrogen-bond acceptors (Lipinski definition) is 7. The van der Waals surface area contributed by atoms with Crippen molar-refractivity contribution in [1.29, 1.82) is 0 Å². The number of para-hydroxylation sites is 1. The molecule has 0 bridgehead atoms. The maximum absolute atomic E-state index is 13.2. The molecule has 4 aromatic carbocycles. The number of benzene rings is 4. The number of thioether (sulfide) groups is 1. The number of hydrogen-bond donors (Lipinski definition) is 0. The van der Waals surface area contributed by atoms with E-state index >= 15 is 0 Å². The summed E-state index contributed by atoms with van der Waals surface area (Å²) in [6, 6.07) is 32.6. The predicted molar refractivity (Wildman–Crippen MR) is 167 cm³/mol. The third-order valence-electron chi connectivity index (χ3n) is 6.91. The molecule has 0 amide bonds. The van der Waals surface area contributed by atoms with Gasteiger partial charge in [-0.05, 0) is 80.6 Å². The van der Waals surface area contributed by atoms with Gasteiger partial charge in [-0.1, -0.05) is 76.1 Å². The third kappa shape index (κ3) is 4.41. The summed E-state index contributed by atoms with van der Waals surface area (Å²) in [4.78, 5) is 12.1. The van der Waals surface area contributed by atoms with Crippen LogP contribution in [0.2, 0.25) is 0 Å². The highest BCUT2D eigenvalue weighted by molar-refractivity contribution is 9.10. The van der Waals surface area contributed by atoms with Crippen molar-refractivity contribution in [3.8, 4) is 0 Å². The number of halogens is 1. The molecule has 0 unspecified atom stereocenters. The monoisotopic (exact) mass is 610 g/mol. The van der Waals surface area contributed by atoms with E-state index in [-0.39, 0.29) is 11.7 Å². The van der Waals surface area contributed by atoms with Gasteiger partial charge in [-0.2, -0.15) is 10.2 Å². The fraction of sp³-hybridized carbons (Fsp3) is 0.156. The summed E-state index contributed by atoms with van der Waals surface area (Å²) in [5.74, 6) is -0.457. The Morgan fingerprint density at radius 3 is 2.27 bits per heavy atom. The molecule has 40 heavy (non-hydrogen) atoms. The van der Waals surface area contributed by atoms with E-state index in [0.29, 0.717) is 0 Å². The predicted octanol–water partition coefficient (Wildman–Crippen LogP) is 7.58. The Morgan fingerprint density at radius 1 is 0.850 bits per heavy atom. The van der Waals surface area contributed by atoms with Crippen molar-refractivity contribution in [2.45, 2.75) is 25.8 Å². The topological polar surface area (TPSA) is 57.5 Å². The minimum atomic E-state index is -1.03. The SMILES string of the molecule is CCOC(=O)C1=NN(c2ccc(Br)cc2)[C@@]2(S1)c1ccccc1C(c1cc(C)ccc1C)=NN2c1ccccc1. The average molecular weight is 612 g/mol. The Morgan fingerprint density at radius 2 is 1.52 bits per heavy atom. The molecule has 1 atom stereocenters. The van der Waals surface area contributed by atoms with Crippen molar-refractivity contribution in [3.05, 3.63) is 129 Å². The molecule has 2 heterocycles. The Hall–Kier alpha value is -3.88. The van der Waals surface area contributed by atoms with E-state index < -0.39 is 11.0 Å². The molecule has 0 aromatic heterocycles. The number of esters is 1. The zero-order valence-electron chi connectivity index (χ0n) is 22.3. The number of carbonyl (C=O) groups excluding carboxylic acids is 1. The second kappa shape index (κ2) is 10.6. The maximum atomic E-state index is 13.2. The van der Waals surface area contributed by atoms with Crippen LogP contribution >= 0.6 is 27.7 Å². The van der Waals surface area contributed by atoms with E-state index in [0.717, 1.165) is 49.4 Å². The van der Waals surface area contributed by atoms with E-state index in [4.69, 9.17) is 14.9 Å². The zero-order chi connectivity index (χ0) is 27.9. The van der Waals surface area contributed by atoms with Gasteiger partial charge in [-0.15, -0.1) is 0 Å². The first-order chi connectivity index (χ1) is 19.4. The highest BCUT2D eigenvalue weighted by atomic mass is 79.9. The van der Waals surface area contributed by atoms with Crippen LogP contribution in [0.4, 0.5) is 11.4 Å². The average Bonchev–Trinajstić information content (AvgIpc) is 3.37. The summed E-state index contributed by atoms with van der Waals surface area (Å²) in [6.07, 6.45) is 0. The quantitative estimate of drug-likeness (QED) is 0.218. The van der Waals surface area contributed by atoms with Crippen LogP contribution < -0.4 is 10.0 Å². The lowest BCUT2D eigenvalue weighted by Gasteiger charge is -2.47. The minimum absolute atomic E-state index is 0.262. The fourth-order valence-electron chi connectivity index (χ4n) is 5.05. The Balaban J connectivity index is 1.66. The van der Waals surface area contributed by atoms with Gasteiger partial charge in [0.2, 0.25) is 10.0 Å². The Labute approximate surface area is 246 Å². The van der Waals surface area contributed by atoms with E-state index in [2.05, 4.69) is 60.1 Å². The molecule has 0 saturated heterocycles. The maximum Gasteiger partial charge on any atom is 0.365 e. The van der Waals surface area contributed by atoms with Gasteiger partial charge in [0.05, 0.1) is 23.7 Å². The molecule has 0 radical (unpaired) electrons. The number of rotatable bonds is 5. The zero-order valence-corrected chi connectivity index (χ0v) is 24.7. The molecule has 0 saturated carbocycles. The minimum Gasteiger partial charge on any atom is -0.461 e. The summed E-state index contributed by atoms with van der Waals surface area (Å²) in [7, 11) is 0. The van der Waals surface area contributed by atoms with Gasteiger partial charge in [0.1, 0.15) is 0 Å². The number of anilines is 2. The molecule has 1 spiro atoms. The molecule has 2 aliphatic heterocycles. The van der Waals surface area contributed by atoms with Crippen LogP contribution in [0.25, 0.3) is 0 Å². The molecular weight excluding hydrogens is 584 g/mol. The van der Waals surface area contributed by atoms with Crippen LogP contribution in [0.15, 0.2) is 112 Å². The second-order valence-electron chi connectivity index (χ2n) is 9.58. The number of ether oxygens (including phenoxy) is 1. The van der Waals surface area contributed by atoms with Gasteiger partial charge in [-0.25, -0.2) is 14.8 Å². The summed E-state index contributed by atoms with van der Waals surface area (Å²) in [5, 5.41) is 14.4. The number of hydrazone groups is 2. The van der Waals surface area contributed by atoms with Crippen LogP contribution in [0.1, 0.15) is 34.7 Å². The van der Waals surface area contributed by atoms with Crippen molar-refractivity contribution < 1.29 is 9.53 Å². The molecule has 2 aliphatic rings. The first-order valence-electron chi connectivity index (χ1n) is 13.0. The highest BCUT2D eigenvalue weighted by Crippen LogP contribution is 2.55. The van der Waals surface area contributed by atoms with E-state index in [9.17, 15) is 4.79 Å². The van der Waals surface area contributed by atoms with Crippen molar-refractivity contribution in [2.75, 3.05) is 16.6 Å². The van der Waals surface area contributed by atoms with E-state index in [1.807, 2.05) is 76.7 Å². The first kappa shape index (κ1) is 26.3. The lowest BCUT2D eigenvalue weighted by molar-refractivity contribution is -0.134. The number of nitrogens with zero attached hydrogens (tertiary/aromatic N) is 4. The lowest BCUT2D eigenvalue weighted by atomic mass is 9.90. The third-order valence-corrected chi connectivity index (χ3v) is 8.73.